The summed E-state index contributed by atoms with van der Waals surface area (Å²) in [5.41, 5.74) is 3.33. The van der Waals surface area contributed by atoms with Crippen LogP contribution in [0.15, 0.2) is 65.0 Å². The quantitative estimate of drug-likeness (QED) is 0.600. The number of fused-ring (bicyclic) bond motifs is 2. The fourth-order valence-electron chi connectivity index (χ4n) is 2.22. The predicted molar refractivity (Wildman–Crippen MR) is 89.0 cm³/mol. The minimum Gasteiger partial charge on any atom is -0.337 e. The van der Waals surface area contributed by atoms with Crippen molar-refractivity contribution >= 4 is 35.4 Å². The number of benzene rings is 1. The molecule has 4 nitrogen and oxygen atoms in total. The lowest BCUT2D eigenvalue weighted by molar-refractivity contribution is 1.05. The van der Waals surface area contributed by atoms with Gasteiger partial charge >= 0.3 is 0 Å². The molecule has 4 rings (SSSR count). The zero-order chi connectivity index (χ0) is 14.8. The highest BCUT2D eigenvalue weighted by Gasteiger charge is 2.17. The van der Waals surface area contributed by atoms with Gasteiger partial charge in [0, 0.05) is 29.7 Å². The van der Waals surface area contributed by atoms with E-state index in [0.717, 1.165) is 32.6 Å². The van der Waals surface area contributed by atoms with Crippen molar-refractivity contribution in [2.45, 2.75) is 9.92 Å². The van der Waals surface area contributed by atoms with Crippen LogP contribution in [-0.4, -0.2) is 15.0 Å². The largest absolute Gasteiger partial charge is 0.337 e. The molecule has 0 atom stereocenters. The predicted octanol–water partition coefficient (Wildman–Crippen LogP) is 4.25. The van der Waals surface area contributed by atoms with Crippen molar-refractivity contribution in [1.82, 2.24) is 15.0 Å². The van der Waals surface area contributed by atoms with Crippen LogP contribution in [0, 0.1) is 0 Å². The van der Waals surface area contributed by atoms with Crippen molar-refractivity contribution in [1.29, 1.82) is 0 Å². The Labute approximate surface area is 132 Å². The topological polar surface area (TPSA) is 50.7 Å². The molecule has 0 unspecified atom stereocenters. The van der Waals surface area contributed by atoms with Gasteiger partial charge in [-0.05, 0) is 35.4 Å². The number of aromatic nitrogens is 3. The summed E-state index contributed by atoms with van der Waals surface area (Å²) in [7, 11) is 0. The first kappa shape index (κ1) is 13.0. The fraction of sp³-hybridized carbons (Fsp3) is 0. The lowest BCUT2D eigenvalue weighted by atomic mass is 10.1. The van der Waals surface area contributed by atoms with Crippen molar-refractivity contribution in [3.63, 3.8) is 0 Å². The summed E-state index contributed by atoms with van der Waals surface area (Å²) in [5.74, 6) is 0.815. The van der Waals surface area contributed by atoms with Crippen LogP contribution < -0.4 is 5.32 Å². The zero-order valence-electron chi connectivity index (χ0n) is 11.6. The number of hydrogen-bond donors (Lipinski definition) is 1. The van der Waals surface area contributed by atoms with E-state index in [4.69, 9.17) is 0 Å². The number of anilines is 2. The zero-order valence-corrected chi connectivity index (χ0v) is 12.4. The average molecular weight is 304 g/mol. The van der Waals surface area contributed by atoms with Gasteiger partial charge in [-0.2, -0.15) is 0 Å². The van der Waals surface area contributed by atoms with Crippen LogP contribution >= 0.6 is 11.8 Å². The molecular formula is C17H12N4S. The minimum atomic E-state index is 0.815. The molecule has 0 amide bonds. The molecule has 106 valence electrons. The summed E-state index contributed by atoms with van der Waals surface area (Å²) in [5, 5.41) is 4.25. The molecule has 0 aliphatic carbocycles. The van der Waals surface area contributed by atoms with Gasteiger partial charge < -0.3 is 5.32 Å². The van der Waals surface area contributed by atoms with Crippen LogP contribution in [0.2, 0.25) is 0 Å². The maximum Gasteiger partial charge on any atom is 0.163 e. The van der Waals surface area contributed by atoms with Crippen molar-refractivity contribution in [2.24, 2.45) is 0 Å². The maximum atomic E-state index is 4.33. The van der Waals surface area contributed by atoms with Gasteiger partial charge in [-0.25, -0.2) is 9.97 Å². The lowest BCUT2D eigenvalue weighted by Crippen LogP contribution is -2.03. The summed E-state index contributed by atoms with van der Waals surface area (Å²) in [6.45, 7) is 0. The summed E-state index contributed by atoms with van der Waals surface area (Å²) in [6.07, 6.45) is 11.2. The van der Waals surface area contributed by atoms with Crippen molar-refractivity contribution in [3.8, 4) is 0 Å². The molecule has 3 aromatic rings. The first-order chi connectivity index (χ1) is 10.9. The Morgan fingerprint density at radius 2 is 1.68 bits per heavy atom. The fourth-order valence-corrected chi connectivity index (χ4v) is 3.10. The first-order valence-corrected chi connectivity index (χ1v) is 7.68. The van der Waals surface area contributed by atoms with Crippen LogP contribution in [0.5, 0.6) is 0 Å². The molecule has 0 fully saturated rings. The lowest BCUT2D eigenvalue weighted by Gasteiger charge is -2.18. The molecule has 22 heavy (non-hydrogen) atoms. The van der Waals surface area contributed by atoms with Gasteiger partial charge in [0.1, 0.15) is 5.03 Å². The van der Waals surface area contributed by atoms with E-state index in [1.54, 1.807) is 36.5 Å². The molecule has 1 aliphatic heterocycles. The van der Waals surface area contributed by atoms with Crippen LogP contribution in [0.1, 0.15) is 11.1 Å². The van der Waals surface area contributed by atoms with E-state index in [-0.39, 0.29) is 0 Å². The number of nitrogens with one attached hydrogen (secondary N) is 1. The van der Waals surface area contributed by atoms with Gasteiger partial charge in [0.25, 0.3) is 0 Å². The van der Waals surface area contributed by atoms with Crippen molar-refractivity contribution in [2.75, 3.05) is 5.32 Å². The van der Waals surface area contributed by atoms with Gasteiger partial charge in [-0.1, -0.05) is 30.0 Å². The Hall–Kier alpha value is -2.66. The van der Waals surface area contributed by atoms with Gasteiger partial charge in [0.2, 0.25) is 0 Å². The molecular weight excluding hydrogens is 292 g/mol. The van der Waals surface area contributed by atoms with E-state index in [1.165, 1.54) is 0 Å². The van der Waals surface area contributed by atoms with Gasteiger partial charge in [-0.15, -0.1) is 0 Å². The van der Waals surface area contributed by atoms with Crippen LogP contribution in [0.25, 0.3) is 12.2 Å². The monoisotopic (exact) mass is 304 g/mol. The van der Waals surface area contributed by atoms with E-state index < -0.39 is 0 Å². The van der Waals surface area contributed by atoms with E-state index >= 15 is 0 Å². The second-order valence-electron chi connectivity index (χ2n) is 4.81. The Morgan fingerprint density at radius 3 is 2.59 bits per heavy atom. The molecule has 0 radical (unpaired) electrons. The molecule has 5 heteroatoms. The number of rotatable bonds is 2. The Kier molecular flexibility index (Phi) is 3.33. The second kappa shape index (κ2) is 5.61. The first-order valence-electron chi connectivity index (χ1n) is 6.86. The average Bonchev–Trinajstić information content (AvgIpc) is 2.59. The molecule has 0 bridgehead atoms. The standard InChI is InChI=1S/C17H12N4S/c1(12-5-7-18-8-6-12)2-13-3-4-15-14(11-13)21-16-17(22-15)20-10-9-19-16/h1-11H,(H,19,21). The van der Waals surface area contributed by atoms with E-state index in [1.807, 2.05) is 12.1 Å². The molecule has 2 aromatic heterocycles. The molecule has 1 N–H and O–H groups in total. The van der Waals surface area contributed by atoms with Gasteiger partial charge in [0.05, 0.1) is 5.69 Å². The highest BCUT2D eigenvalue weighted by atomic mass is 32.2. The Balaban J connectivity index is 1.62. The van der Waals surface area contributed by atoms with Crippen LogP contribution in [0.3, 0.4) is 0 Å². The number of nitrogens with zero attached hydrogens (tertiary/aromatic N) is 3. The Bertz CT molecular complexity index is 846. The van der Waals surface area contributed by atoms with E-state index in [2.05, 4.69) is 50.6 Å². The highest BCUT2D eigenvalue weighted by Crippen LogP contribution is 2.42. The molecule has 1 aromatic carbocycles. The van der Waals surface area contributed by atoms with Crippen LogP contribution in [-0.2, 0) is 0 Å². The molecule has 0 saturated carbocycles. The van der Waals surface area contributed by atoms with Crippen molar-refractivity contribution in [3.05, 3.63) is 66.2 Å². The van der Waals surface area contributed by atoms with Gasteiger partial charge in [-0.3, -0.25) is 4.98 Å². The van der Waals surface area contributed by atoms with Crippen LogP contribution in [0.4, 0.5) is 11.5 Å². The van der Waals surface area contributed by atoms with E-state index in [0.29, 0.717) is 0 Å². The molecule has 3 heterocycles. The summed E-state index contributed by atoms with van der Waals surface area (Å²) in [6, 6.07) is 10.3. The number of pyridine rings is 1. The van der Waals surface area contributed by atoms with Gasteiger partial charge in [0.15, 0.2) is 5.82 Å². The third-order valence-electron chi connectivity index (χ3n) is 3.30. The summed E-state index contributed by atoms with van der Waals surface area (Å²) in [4.78, 5) is 13.8. The second-order valence-corrected chi connectivity index (χ2v) is 5.84. The van der Waals surface area contributed by atoms with Crippen molar-refractivity contribution < 1.29 is 0 Å². The SMILES string of the molecule is C(=Cc1ccc2c(c1)Nc1nccnc1S2)c1ccncc1. The highest BCUT2D eigenvalue weighted by molar-refractivity contribution is 7.99. The molecule has 0 spiro atoms. The Morgan fingerprint density at radius 1 is 0.864 bits per heavy atom. The summed E-state index contributed by atoms with van der Waals surface area (Å²) < 4.78 is 0. The third-order valence-corrected chi connectivity index (χ3v) is 4.37. The number of hydrogen-bond acceptors (Lipinski definition) is 5. The molecule has 0 saturated heterocycles. The normalized spacial score (nSPS) is 12.5. The summed E-state index contributed by atoms with van der Waals surface area (Å²) >= 11 is 1.64. The minimum absolute atomic E-state index is 0.815. The molecule has 1 aliphatic rings. The third kappa shape index (κ3) is 2.58. The smallest absolute Gasteiger partial charge is 0.163 e. The maximum absolute atomic E-state index is 4.33. The van der Waals surface area contributed by atoms with E-state index in [9.17, 15) is 0 Å².